The van der Waals surface area contributed by atoms with E-state index >= 15 is 0 Å². The van der Waals surface area contributed by atoms with Crippen molar-refractivity contribution in [2.24, 2.45) is 0 Å². The van der Waals surface area contributed by atoms with Crippen molar-refractivity contribution in [1.82, 2.24) is 10.5 Å². The van der Waals surface area contributed by atoms with Gasteiger partial charge in [0.05, 0.1) is 0 Å². The van der Waals surface area contributed by atoms with Gasteiger partial charge in [-0.1, -0.05) is 5.16 Å². The van der Waals surface area contributed by atoms with E-state index in [4.69, 9.17) is 10.3 Å². The SMILES string of the molecule is Nc1cc(C2CCCNC2)on1. The van der Waals surface area contributed by atoms with Gasteiger partial charge in [0.25, 0.3) is 0 Å². The predicted molar refractivity (Wildman–Crippen MR) is 45.8 cm³/mol. The number of nitrogens with zero attached hydrogens (tertiary/aromatic N) is 1. The standard InChI is InChI=1S/C8H13N3O/c9-8-4-7(12-11-8)6-2-1-3-10-5-6/h4,6,10H,1-3,5H2,(H2,9,11). The summed E-state index contributed by atoms with van der Waals surface area (Å²) in [7, 11) is 0. The number of aromatic nitrogens is 1. The van der Waals surface area contributed by atoms with Gasteiger partial charge < -0.3 is 15.6 Å². The van der Waals surface area contributed by atoms with Crippen LogP contribution in [-0.2, 0) is 0 Å². The molecule has 4 nitrogen and oxygen atoms in total. The van der Waals surface area contributed by atoms with Gasteiger partial charge in [0.15, 0.2) is 5.82 Å². The van der Waals surface area contributed by atoms with Crippen LogP contribution in [0, 0.1) is 0 Å². The Balaban J connectivity index is 2.08. The molecule has 1 aliphatic rings. The average molecular weight is 167 g/mol. The van der Waals surface area contributed by atoms with E-state index in [1.807, 2.05) is 6.07 Å². The lowest BCUT2D eigenvalue weighted by molar-refractivity contribution is 0.331. The molecule has 12 heavy (non-hydrogen) atoms. The minimum absolute atomic E-state index is 0.462. The van der Waals surface area contributed by atoms with Gasteiger partial charge in [-0.3, -0.25) is 0 Å². The van der Waals surface area contributed by atoms with Gasteiger partial charge in [-0.2, -0.15) is 0 Å². The molecular formula is C8H13N3O. The average Bonchev–Trinajstić information content (AvgIpc) is 2.54. The molecule has 1 fully saturated rings. The third-order valence-electron chi connectivity index (χ3n) is 2.25. The molecule has 1 aromatic rings. The minimum Gasteiger partial charge on any atom is -0.381 e. The second-order valence-corrected chi connectivity index (χ2v) is 3.20. The Kier molecular flexibility index (Phi) is 1.99. The van der Waals surface area contributed by atoms with Crippen molar-refractivity contribution in [2.75, 3.05) is 18.8 Å². The van der Waals surface area contributed by atoms with Crippen LogP contribution in [0.3, 0.4) is 0 Å². The molecule has 1 saturated heterocycles. The Hall–Kier alpha value is -1.03. The quantitative estimate of drug-likeness (QED) is 0.647. The fraction of sp³-hybridized carbons (Fsp3) is 0.625. The van der Waals surface area contributed by atoms with Crippen LogP contribution in [-0.4, -0.2) is 18.2 Å². The summed E-state index contributed by atoms with van der Waals surface area (Å²) in [5.41, 5.74) is 5.46. The molecule has 3 N–H and O–H groups in total. The highest BCUT2D eigenvalue weighted by atomic mass is 16.5. The molecule has 0 amide bonds. The Morgan fingerprint density at radius 1 is 1.67 bits per heavy atom. The van der Waals surface area contributed by atoms with Crippen molar-refractivity contribution < 1.29 is 4.52 Å². The van der Waals surface area contributed by atoms with Gasteiger partial charge in [-0.15, -0.1) is 0 Å². The van der Waals surface area contributed by atoms with E-state index in [-0.39, 0.29) is 0 Å². The first-order valence-corrected chi connectivity index (χ1v) is 4.29. The Morgan fingerprint density at radius 2 is 2.58 bits per heavy atom. The van der Waals surface area contributed by atoms with Crippen LogP contribution in [0.15, 0.2) is 10.6 Å². The monoisotopic (exact) mass is 167 g/mol. The molecule has 1 aromatic heterocycles. The molecule has 0 aliphatic carbocycles. The highest BCUT2D eigenvalue weighted by Crippen LogP contribution is 2.23. The Morgan fingerprint density at radius 3 is 3.17 bits per heavy atom. The smallest absolute Gasteiger partial charge is 0.167 e. The number of nitrogen functional groups attached to an aromatic ring is 1. The predicted octanol–water partition coefficient (Wildman–Crippen LogP) is 0.724. The normalized spacial score (nSPS) is 24.2. The molecular weight excluding hydrogens is 154 g/mol. The second-order valence-electron chi connectivity index (χ2n) is 3.20. The number of nitrogens with two attached hydrogens (primary N) is 1. The number of rotatable bonds is 1. The van der Waals surface area contributed by atoms with Crippen molar-refractivity contribution >= 4 is 5.82 Å². The maximum atomic E-state index is 5.46. The van der Waals surface area contributed by atoms with E-state index in [0.717, 1.165) is 18.8 Å². The zero-order valence-corrected chi connectivity index (χ0v) is 6.92. The van der Waals surface area contributed by atoms with Gasteiger partial charge in [-0.05, 0) is 19.4 Å². The zero-order chi connectivity index (χ0) is 8.39. The first kappa shape index (κ1) is 7.61. The van der Waals surface area contributed by atoms with Crippen LogP contribution in [0.1, 0.15) is 24.5 Å². The van der Waals surface area contributed by atoms with Crippen LogP contribution in [0.5, 0.6) is 0 Å². The van der Waals surface area contributed by atoms with Crippen molar-refractivity contribution in [3.05, 3.63) is 11.8 Å². The maximum absolute atomic E-state index is 5.46. The van der Waals surface area contributed by atoms with Crippen LogP contribution in [0.2, 0.25) is 0 Å². The lowest BCUT2D eigenvalue weighted by Crippen LogP contribution is -2.28. The topological polar surface area (TPSA) is 64.1 Å². The van der Waals surface area contributed by atoms with E-state index in [0.29, 0.717) is 11.7 Å². The number of anilines is 1. The molecule has 66 valence electrons. The van der Waals surface area contributed by atoms with Crippen LogP contribution in [0.4, 0.5) is 5.82 Å². The van der Waals surface area contributed by atoms with Gasteiger partial charge in [0.2, 0.25) is 0 Å². The largest absolute Gasteiger partial charge is 0.381 e. The molecule has 4 heteroatoms. The number of piperidine rings is 1. The summed E-state index contributed by atoms with van der Waals surface area (Å²) in [6.07, 6.45) is 2.37. The van der Waals surface area contributed by atoms with Gasteiger partial charge in [0, 0.05) is 18.5 Å². The fourth-order valence-corrected chi connectivity index (χ4v) is 1.59. The molecule has 0 radical (unpaired) electrons. The van der Waals surface area contributed by atoms with Crippen molar-refractivity contribution in [1.29, 1.82) is 0 Å². The lowest BCUT2D eigenvalue weighted by Gasteiger charge is -2.19. The third kappa shape index (κ3) is 1.43. The molecule has 1 unspecified atom stereocenters. The number of nitrogens with one attached hydrogen (secondary N) is 1. The van der Waals surface area contributed by atoms with E-state index in [9.17, 15) is 0 Å². The summed E-state index contributed by atoms with van der Waals surface area (Å²) in [5, 5.41) is 6.98. The van der Waals surface area contributed by atoms with Crippen molar-refractivity contribution in [2.45, 2.75) is 18.8 Å². The Bertz CT molecular complexity index is 253. The van der Waals surface area contributed by atoms with Crippen molar-refractivity contribution in [3.8, 4) is 0 Å². The van der Waals surface area contributed by atoms with E-state index in [1.54, 1.807) is 0 Å². The van der Waals surface area contributed by atoms with Gasteiger partial charge in [0.1, 0.15) is 5.76 Å². The summed E-state index contributed by atoms with van der Waals surface area (Å²) in [6.45, 7) is 2.09. The van der Waals surface area contributed by atoms with E-state index in [1.165, 1.54) is 12.8 Å². The maximum Gasteiger partial charge on any atom is 0.167 e. The minimum atomic E-state index is 0.462. The molecule has 1 aliphatic heterocycles. The molecule has 2 rings (SSSR count). The summed E-state index contributed by atoms with van der Waals surface area (Å²) >= 11 is 0. The highest BCUT2D eigenvalue weighted by Gasteiger charge is 2.18. The first-order valence-electron chi connectivity index (χ1n) is 4.29. The summed E-state index contributed by atoms with van der Waals surface area (Å²) in [4.78, 5) is 0. The van der Waals surface area contributed by atoms with Crippen LogP contribution >= 0.6 is 0 Å². The molecule has 0 spiro atoms. The van der Waals surface area contributed by atoms with E-state index in [2.05, 4.69) is 10.5 Å². The molecule has 0 aromatic carbocycles. The lowest BCUT2D eigenvalue weighted by atomic mass is 9.97. The van der Waals surface area contributed by atoms with Crippen molar-refractivity contribution in [3.63, 3.8) is 0 Å². The molecule has 2 heterocycles. The molecule has 1 atom stereocenters. The summed E-state index contributed by atoms with van der Waals surface area (Å²) in [5.74, 6) is 1.86. The summed E-state index contributed by atoms with van der Waals surface area (Å²) < 4.78 is 5.09. The number of hydrogen-bond donors (Lipinski definition) is 2. The van der Waals surface area contributed by atoms with E-state index < -0.39 is 0 Å². The number of hydrogen-bond acceptors (Lipinski definition) is 4. The van der Waals surface area contributed by atoms with Gasteiger partial charge >= 0.3 is 0 Å². The third-order valence-corrected chi connectivity index (χ3v) is 2.25. The second kappa shape index (κ2) is 3.15. The Labute approximate surface area is 71.1 Å². The zero-order valence-electron chi connectivity index (χ0n) is 6.92. The molecule has 0 saturated carbocycles. The van der Waals surface area contributed by atoms with Crippen LogP contribution in [0.25, 0.3) is 0 Å². The molecule has 0 bridgehead atoms. The fourth-order valence-electron chi connectivity index (χ4n) is 1.59. The highest BCUT2D eigenvalue weighted by molar-refractivity contribution is 5.28. The van der Waals surface area contributed by atoms with Gasteiger partial charge in [-0.25, -0.2) is 0 Å². The first-order chi connectivity index (χ1) is 5.86. The summed E-state index contributed by atoms with van der Waals surface area (Å²) in [6, 6.07) is 1.82. The van der Waals surface area contributed by atoms with Crippen LogP contribution < -0.4 is 11.1 Å².